The van der Waals surface area contributed by atoms with Gasteiger partial charge in [-0.3, -0.25) is 4.79 Å². The van der Waals surface area contributed by atoms with Gasteiger partial charge in [-0.15, -0.1) is 0 Å². The number of H-pyrrole nitrogens is 1. The number of benzene rings is 2. The van der Waals surface area contributed by atoms with E-state index in [-0.39, 0.29) is 5.69 Å². The molecule has 0 unspecified atom stereocenters. The molecule has 0 aliphatic rings. The summed E-state index contributed by atoms with van der Waals surface area (Å²) in [7, 11) is 0. The molecular formula is C15H12N4O2. The largest absolute Gasteiger partial charge is 0.457 e. The molecule has 3 N–H and O–H groups in total. The summed E-state index contributed by atoms with van der Waals surface area (Å²) in [6, 6.07) is 16.6. The number of amides is 1. The molecule has 3 rings (SSSR count). The predicted molar refractivity (Wildman–Crippen MR) is 76.9 cm³/mol. The van der Waals surface area contributed by atoms with Gasteiger partial charge in [-0.2, -0.15) is 15.4 Å². The molecule has 6 nitrogen and oxygen atoms in total. The second-order valence-corrected chi connectivity index (χ2v) is 4.33. The summed E-state index contributed by atoms with van der Waals surface area (Å²) in [4.78, 5) is 11.3. The van der Waals surface area contributed by atoms with Gasteiger partial charge in [0.25, 0.3) is 5.91 Å². The molecule has 0 radical (unpaired) electrons. The number of primary amides is 1. The smallest absolute Gasteiger partial charge is 0.271 e. The first-order valence-electron chi connectivity index (χ1n) is 6.28. The fourth-order valence-corrected chi connectivity index (χ4v) is 1.94. The van der Waals surface area contributed by atoms with Gasteiger partial charge in [0.15, 0.2) is 5.69 Å². The maximum atomic E-state index is 11.3. The average molecular weight is 280 g/mol. The lowest BCUT2D eigenvalue weighted by molar-refractivity contribution is 0.0996. The third-order valence-corrected chi connectivity index (χ3v) is 2.87. The second-order valence-electron chi connectivity index (χ2n) is 4.33. The zero-order valence-corrected chi connectivity index (χ0v) is 11.0. The Morgan fingerprint density at radius 2 is 1.76 bits per heavy atom. The molecule has 3 aromatic rings. The summed E-state index contributed by atoms with van der Waals surface area (Å²) in [5, 5.41) is 10.1. The van der Waals surface area contributed by atoms with Gasteiger partial charge >= 0.3 is 0 Å². The van der Waals surface area contributed by atoms with Crippen LogP contribution in [0.4, 0.5) is 0 Å². The van der Waals surface area contributed by atoms with Gasteiger partial charge in [-0.25, -0.2) is 0 Å². The van der Waals surface area contributed by atoms with E-state index >= 15 is 0 Å². The van der Waals surface area contributed by atoms with E-state index in [1.54, 1.807) is 6.07 Å². The van der Waals surface area contributed by atoms with Crippen LogP contribution >= 0.6 is 0 Å². The maximum Gasteiger partial charge on any atom is 0.271 e. The number of nitrogens with one attached hydrogen (secondary N) is 1. The SMILES string of the molecule is NC(=O)c1n[nH]nc1-c1cccc(Oc2ccccc2)c1. The number of nitrogens with two attached hydrogens (primary N) is 1. The quantitative estimate of drug-likeness (QED) is 0.767. The monoisotopic (exact) mass is 280 g/mol. The number of nitrogens with zero attached hydrogens (tertiary/aromatic N) is 2. The molecule has 21 heavy (non-hydrogen) atoms. The molecule has 0 aliphatic heterocycles. The van der Waals surface area contributed by atoms with E-state index in [0.29, 0.717) is 17.0 Å². The number of para-hydroxylation sites is 1. The van der Waals surface area contributed by atoms with E-state index in [9.17, 15) is 4.79 Å². The van der Waals surface area contributed by atoms with Crippen LogP contribution in [-0.4, -0.2) is 21.3 Å². The summed E-state index contributed by atoms with van der Waals surface area (Å²) in [5.41, 5.74) is 6.47. The van der Waals surface area contributed by atoms with E-state index < -0.39 is 5.91 Å². The lowest BCUT2D eigenvalue weighted by Gasteiger charge is -2.06. The molecule has 6 heteroatoms. The average Bonchev–Trinajstić information content (AvgIpc) is 2.98. The van der Waals surface area contributed by atoms with Crippen molar-refractivity contribution >= 4 is 5.91 Å². The number of hydrogen-bond donors (Lipinski definition) is 2. The molecular weight excluding hydrogens is 268 g/mol. The van der Waals surface area contributed by atoms with Gasteiger partial charge < -0.3 is 10.5 Å². The Morgan fingerprint density at radius 1 is 1.00 bits per heavy atom. The van der Waals surface area contributed by atoms with Crippen LogP contribution in [0.1, 0.15) is 10.5 Å². The summed E-state index contributed by atoms with van der Waals surface area (Å²) in [6.07, 6.45) is 0. The Balaban J connectivity index is 1.93. The molecule has 0 spiro atoms. The first kappa shape index (κ1) is 12.9. The molecule has 1 heterocycles. The fraction of sp³-hybridized carbons (Fsp3) is 0. The first-order valence-corrected chi connectivity index (χ1v) is 6.28. The van der Waals surface area contributed by atoms with Crippen molar-refractivity contribution in [3.05, 3.63) is 60.3 Å². The van der Waals surface area contributed by atoms with Crippen molar-refractivity contribution in [2.24, 2.45) is 5.73 Å². The molecule has 2 aromatic carbocycles. The van der Waals surface area contributed by atoms with Crippen LogP contribution in [0.2, 0.25) is 0 Å². The molecule has 1 amide bonds. The zero-order chi connectivity index (χ0) is 14.7. The van der Waals surface area contributed by atoms with Gasteiger partial charge in [0, 0.05) is 5.56 Å². The van der Waals surface area contributed by atoms with Crippen LogP contribution in [0.3, 0.4) is 0 Å². The fourth-order valence-electron chi connectivity index (χ4n) is 1.94. The Bertz CT molecular complexity index is 768. The van der Waals surface area contributed by atoms with Crippen molar-refractivity contribution in [1.82, 2.24) is 15.4 Å². The first-order chi connectivity index (χ1) is 10.2. The summed E-state index contributed by atoms with van der Waals surface area (Å²) in [5.74, 6) is 0.732. The van der Waals surface area contributed by atoms with Gasteiger partial charge in [0.1, 0.15) is 17.2 Å². The number of carbonyl (C=O) groups excluding carboxylic acids is 1. The third-order valence-electron chi connectivity index (χ3n) is 2.87. The van der Waals surface area contributed by atoms with Crippen molar-refractivity contribution in [3.8, 4) is 22.8 Å². The van der Waals surface area contributed by atoms with Gasteiger partial charge in [0.05, 0.1) is 0 Å². The van der Waals surface area contributed by atoms with E-state index in [0.717, 1.165) is 5.75 Å². The van der Waals surface area contributed by atoms with Gasteiger partial charge in [-0.1, -0.05) is 30.3 Å². The predicted octanol–water partition coefficient (Wildman–Crippen LogP) is 2.36. The minimum absolute atomic E-state index is 0.104. The molecule has 0 aliphatic carbocycles. The Hall–Kier alpha value is -3.15. The lowest BCUT2D eigenvalue weighted by Crippen LogP contribution is -2.12. The second kappa shape index (κ2) is 5.46. The summed E-state index contributed by atoms with van der Waals surface area (Å²) < 4.78 is 5.74. The van der Waals surface area contributed by atoms with Crippen molar-refractivity contribution in [2.75, 3.05) is 0 Å². The molecule has 0 bridgehead atoms. The van der Waals surface area contributed by atoms with Crippen molar-refractivity contribution in [2.45, 2.75) is 0 Å². The highest BCUT2D eigenvalue weighted by Crippen LogP contribution is 2.27. The van der Waals surface area contributed by atoms with Crippen LogP contribution < -0.4 is 10.5 Å². The summed E-state index contributed by atoms with van der Waals surface area (Å²) >= 11 is 0. The van der Waals surface area contributed by atoms with E-state index in [1.807, 2.05) is 48.5 Å². The summed E-state index contributed by atoms with van der Waals surface area (Å²) in [6.45, 7) is 0. The Kier molecular flexibility index (Phi) is 3.34. The van der Waals surface area contributed by atoms with Gasteiger partial charge in [0.2, 0.25) is 0 Å². The number of aromatic amines is 1. The van der Waals surface area contributed by atoms with E-state index in [1.165, 1.54) is 0 Å². The molecule has 0 fully saturated rings. The Labute approximate surface area is 120 Å². The van der Waals surface area contributed by atoms with Crippen LogP contribution in [0.5, 0.6) is 11.5 Å². The molecule has 1 aromatic heterocycles. The number of carbonyl (C=O) groups is 1. The number of ether oxygens (including phenoxy) is 1. The molecule has 0 saturated heterocycles. The third kappa shape index (κ3) is 2.74. The highest BCUT2D eigenvalue weighted by molar-refractivity contribution is 5.96. The van der Waals surface area contributed by atoms with Crippen LogP contribution in [0.25, 0.3) is 11.3 Å². The zero-order valence-electron chi connectivity index (χ0n) is 11.0. The van der Waals surface area contributed by atoms with Crippen LogP contribution in [0, 0.1) is 0 Å². The maximum absolute atomic E-state index is 11.3. The van der Waals surface area contributed by atoms with Gasteiger partial charge in [-0.05, 0) is 24.3 Å². The number of rotatable bonds is 4. The van der Waals surface area contributed by atoms with Crippen molar-refractivity contribution < 1.29 is 9.53 Å². The van der Waals surface area contributed by atoms with Crippen molar-refractivity contribution in [3.63, 3.8) is 0 Å². The normalized spacial score (nSPS) is 10.3. The molecule has 0 atom stereocenters. The van der Waals surface area contributed by atoms with Crippen molar-refractivity contribution in [1.29, 1.82) is 0 Å². The van der Waals surface area contributed by atoms with E-state index in [4.69, 9.17) is 10.5 Å². The molecule has 0 saturated carbocycles. The topological polar surface area (TPSA) is 93.9 Å². The number of hydrogen-bond acceptors (Lipinski definition) is 4. The molecule has 104 valence electrons. The number of aromatic nitrogens is 3. The minimum Gasteiger partial charge on any atom is -0.457 e. The van der Waals surface area contributed by atoms with Crippen LogP contribution in [-0.2, 0) is 0 Å². The lowest BCUT2D eigenvalue weighted by atomic mass is 10.1. The standard InChI is InChI=1S/C15H12N4O2/c16-15(20)14-13(17-19-18-14)10-5-4-8-12(9-10)21-11-6-2-1-3-7-11/h1-9H,(H2,16,20)(H,17,18,19). The van der Waals surface area contributed by atoms with E-state index in [2.05, 4.69) is 15.4 Å². The van der Waals surface area contributed by atoms with Crippen LogP contribution in [0.15, 0.2) is 54.6 Å². The highest BCUT2D eigenvalue weighted by atomic mass is 16.5. The highest BCUT2D eigenvalue weighted by Gasteiger charge is 2.15. The minimum atomic E-state index is -0.631. The Morgan fingerprint density at radius 3 is 2.52 bits per heavy atom.